The molecule has 0 amide bonds. The summed E-state index contributed by atoms with van der Waals surface area (Å²) in [5, 5.41) is 0. The van der Waals surface area contributed by atoms with Crippen LogP contribution < -0.4 is 0 Å². The first-order valence-electron chi connectivity index (χ1n) is 5.52. The van der Waals surface area contributed by atoms with Gasteiger partial charge in [0.1, 0.15) is 0 Å². The minimum absolute atomic E-state index is 0.758. The van der Waals surface area contributed by atoms with E-state index in [0.717, 1.165) is 12.5 Å². The average Bonchev–Trinajstić information content (AvgIpc) is 2.47. The van der Waals surface area contributed by atoms with Gasteiger partial charge in [0.15, 0.2) is 0 Å². The highest BCUT2D eigenvalue weighted by Crippen LogP contribution is 2.18. The molecular weight excluding hydrogens is 172 g/mol. The van der Waals surface area contributed by atoms with Crippen molar-refractivity contribution in [3.63, 3.8) is 0 Å². The van der Waals surface area contributed by atoms with Gasteiger partial charge in [-0.25, -0.2) is 0 Å². The van der Waals surface area contributed by atoms with Gasteiger partial charge in [0.2, 0.25) is 0 Å². The first kappa shape index (κ1) is 9.78. The molecule has 1 aliphatic rings. The summed E-state index contributed by atoms with van der Waals surface area (Å²) in [5.74, 6) is 0.758. The van der Waals surface area contributed by atoms with Crippen molar-refractivity contribution >= 4 is 0 Å². The molecule has 0 aromatic carbocycles. The molecule has 1 aromatic rings. The van der Waals surface area contributed by atoms with E-state index in [-0.39, 0.29) is 0 Å². The Morgan fingerprint density at radius 3 is 2.79 bits per heavy atom. The third-order valence-corrected chi connectivity index (χ3v) is 2.92. The van der Waals surface area contributed by atoms with Crippen LogP contribution in [-0.4, -0.2) is 23.1 Å². The third-order valence-electron chi connectivity index (χ3n) is 2.92. The van der Waals surface area contributed by atoms with Crippen LogP contribution in [0.15, 0.2) is 12.1 Å². The molecule has 2 heteroatoms. The fourth-order valence-corrected chi connectivity index (χ4v) is 2.20. The van der Waals surface area contributed by atoms with Crippen LogP contribution in [0.3, 0.4) is 0 Å². The highest BCUT2D eigenvalue weighted by molar-refractivity contribution is 5.18. The zero-order valence-electron chi connectivity index (χ0n) is 9.45. The minimum atomic E-state index is 0.758. The zero-order valence-corrected chi connectivity index (χ0v) is 9.45. The number of aromatic nitrogens is 1. The highest BCUT2D eigenvalue weighted by atomic mass is 15.2. The van der Waals surface area contributed by atoms with Gasteiger partial charge >= 0.3 is 0 Å². The second kappa shape index (κ2) is 3.77. The number of rotatable bonds is 2. The molecule has 1 aliphatic heterocycles. The second-order valence-electron chi connectivity index (χ2n) is 4.80. The summed E-state index contributed by atoms with van der Waals surface area (Å²) in [6.07, 6.45) is 1.21. The lowest BCUT2D eigenvalue weighted by Crippen LogP contribution is -2.30. The first-order chi connectivity index (χ1) is 6.66. The van der Waals surface area contributed by atoms with Crippen LogP contribution in [0.1, 0.15) is 25.2 Å². The summed E-state index contributed by atoms with van der Waals surface area (Å²) in [5.41, 5.74) is 3.00. The zero-order chi connectivity index (χ0) is 10.1. The smallest absolute Gasteiger partial charge is 0.0384 e. The Bertz CT molecular complexity index is 312. The van der Waals surface area contributed by atoms with Crippen LogP contribution in [0.5, 0.6) is 0 Å². The van der Waals surface area contributed by atoms with Crippen LogP contribution >= 0.6 is 0 Å². The topological polar surface area (TPSA) is 8.17 Å². The van der Waals surface area contributed by atoms with Gasteiger partial charge in [0.25, 0.3) is 0 Å². The van der Waals surface area contributed by atoms with E-state index in [1.807, 2.05) is 0 Å². The average molecular weight is 192 g/mol. The fraction of sp³-hybridized carbons (Fsp3) is 0.667. The lowest BCUT2D eigenvalue weighted by atomic mass is 10.1. The summed E-state index contributed by atoms with van der Waals surface area (Å²) in [6, 6.07) is 4.59. The van der Waals surface area contributed by atoms with Gasteiger partial charge in [-0.2, -0.15) is 0 Å². The Labute approximate surface area is 86.5 Å². The standard InChI is InChI=1S/C12H20N2/c1-10(2)8-11-4-5-12-9-13(3)6-7-14(11)12/h4-5,10H,6-9H2,1-3H3. The molecule has 2 heterocycles. The summed E-state index contributed by atoms with van der Waals surface area (Å²) in [7, 11) is 2.19. The van der Waals surface area contributed by atoms with Crippen molar-refractivity contribution in [1.29, 1.82) is 0 Å². The Hall–Kier alpha value is -0.760. The van der Waals surface area contributed by atoms with Crippen molar-refractivity contribution in [2.75, 3.05) is 13.6 Å². The Kier molecular flexibility index (Phi) is 2.64. The predicted molar refractivity (Wildman–Crippen MR) is 59.3 cm³/mol. The molecule has 0 unspecified atom stereocenters. The van der Waals surface area contributed by atoms with Gasteiger partial charge in [-0.15, -0.1) is 0 Å². The monoisotopic (exact) mass is 192 g/mol. The molecule has 0 N–H and O–H groups in total. The van der Waals surface area contributed by atoms with E-state index in [9.17, 15) is 0 Å². The number of hydrogen-bond donors (Lipinski definition) is 0. The van der Waals surface area contributed by atoms with E-state index in [4.69, 9.17) is 0 Å². The highest BCUT2D eigenvalue weighted by Gasteiger charge is 2.15. The summed E-state index contributed by atoms with van der Waals surface area (Å²) < 4.78 is 2.50. The van der Waals surface area contributed by atoms with Crippen LogP contribution in [0.2, 0.25) is 0 Å². The van der Waals surface area contributed by atoms with E-state index in [0.29, 0.717) is 0 Å². The Morgan fingerprint density at radius 2 is 2.07 bits per heavy atom. The molecule has 0 atom stereocenters. The molecule has 0 saturated heterocycles. The van der Waals surface area contributed by atoms with Crippen molar-refractivity contribution in [3.8, 4) is 0 Å². The second-order valence-corrected chi connectivity index (χ2v) is 4.80. The third kappa shape index (κ3) is 1.85. The maximum absolute atomic E-state index is 2.50. The summed E-state index contributed by atoms with van der Waals surface area (Å²) in [6.45, 7) is 8.04. The molecule has 0 fully saturated rings. The Morgan fingerprint density at radius 1 is 1.29 bits per heavy atom. The van der Waals surface area contributed by atoms with Crippen LogP contribution in [0, 0.1) is 5.92 Å². The molecule has 0 saturated carbocycles. The molecule has 0 spiro atoms. The van der Waals surface area contributed by atoms with Gasteiger partial charge in [-0.1, -0.05) is 13.8 Å². The van der Waals surface area contributed by atoms with Crippen molar-refractivity contribution in [2.45, 2.75) is 33.4 Å². The van der Waals surface area contributed by atoms with Crippen molar-refractivity contribution in [1.82, 2.24) is 9.47 Å². The van der Waals surface area contributed by atoms with E-state index in [1.165, 1.54) is 30.9 Å². The molecule has 0 bridgehead atoms. The Balaban J connectivity index is 2.20. The molecule has 14 heavy (non-hydrogen) atoms. The van der Waals surface area contributed by atoms with Gasteiger partial charge in [0, 0.05) is 31.0 Å². The molecular formula is C12H20N2. The van der Waals surface area contributed by atoms with Crippen molar-refractivity contribution < 1.29 is 0 Å². The van der Waals surface area contributed by atoms with E-state index in [2.05, 4.69) is 42.5 Å². The number of nitrogens with zero attached hydrogens (tertiary/aromatic N) is 2. The molecule has 0 aliphatic carbocycles. The van der Waals surface area contributed by atoms with Gasteiger partial charge < -0.3 is 4.57 Å². The number of hydrogen-bond acceptors (Lipinski definition) is 1. The van der Waals surface area contributed by atoms with Crippen LogP contribution in [-0.2, 0) is 19.5 Å². The molecule has 1 aromatic heterocycles. The lowest BCUT2D eigenvalue weighted by Gasteiger charge is -2.26. The number of likely N-dealkylation sites (N-methyl/N-ethyl adjacent to an activating group) is 1. The van der Waals surface area contributed by atoms with E-state index in [1.54, 1.807) is 0 Å². The van der Waals surface area contributed by atoms with Crippen molar-refractivity contribution in [2.24, 2.45) is 5.92 Å². The van der Waals surface area contributed by atoms with Gasteiger partial charge in [-0.05, 0) is 31.5 Å². The summed E-state index contributed by atoms with van der Waals surface area (Å²) >= 11 is 0. The van der Waals surface area contributed by atoms with E-state index >= 15 is 0 Å². The van der Waals surface area contributed by atoms with Crippen molar-refractivity contribution in [3.05, 3.63) is 23.5 Å². The molecule has 0 radical (unpaired) electrons. The normalized spacial score (nSPS) is 17.4. The number of fused-ring (bicyclic) bond motifs is 1. The van der Waals surface area contributed by atoms with Crippen LogP contribution in [0.25, 0.3) is 0 Å². The fourth-order valence-electron chi connectivity index (χ4n) is 2.20. The minimum Gasteiger partial charge on any atom is -0.346 e. The molecule has 2 nitrogen and oxygen atoms in total. The maximum Gasteiger partial charge on any atom is 0.0384 e. The van der Waals surface area contributed by atoms with Crippen LogP contribution in [0.4, 0.5) is 0 Å². The van der Waals surface area contributed by atoms with Gasteiger partial charge in [-0.3, -0.25) is 4.90 Å². The first-order valence-corrected chi connectivity index (χ1v) is 5.52. The predicted octanol–water partition coefficient (Wildman–Crippen LogP) is 2.13. The van der Waals surface area contributed by atoms with Gasteiger partial charge in [0.05, 0.1) is 0 Å². The maximum atomic E-state index is 2.50. The summed E-state index contributed by atoms with van der Waals surface area (Å²) in [4.78, 5) is 2.38. The molecule has 2 rings (SSSR count). The molecule has 78 valence electrons. The quantitative estimate of drug-likeness (QED) is 0.697. The lowest BCUT2D eigenvalue weighted by molar-refractivity contribution is 0.266. The largest absolute Gasteiger partial charge is 0.346 e. The SMILES string of the molecule is CC(C)Cc1ccc2n1CCN(C)C2. The van der Waals surface area contributed by atoms with E-state index < -0.39 is 0 Å².